The summed E-state index contributed by atoms with van der Waals surface area (Å²) in [5.74, 6) is -0.895. The van der Waals surface area contributed by atoms with E-state index >= 15 is 0 Å². The zero-order valence-corrected chi connectivity index (χ0v) is 11.8. The zero-order chi connectivity index (χ0) is 14.5. The highest BCUT2D eigenvalue weighted by atomic mass is 35.5. The topological polar surface area (TPSA) is 104 Å². The number of carboxylic acid groups (broad SMARTS) is 1. The first-order valence-corrected chi connectivity index (χ1v) is 6.86. The minimum Gasteiger partial charge on any atom is -0.481 e. The Hall–Kier alpha value is -1.93. The second-order valence-electron chi connectivity index (χ2n) is 3.93. The number of carbonyl (C=O) groups excluding carboxylic acids is 1. The molecule has 0 atom stereocenters. The van der Waals surface area contributed by atoms with Crippen molar-refractivity contribution in [2.45, 2.75) is 12.8 Å². The first kappa shape index (κ1) is 14.5. The van der Waals surface area contributed by atoms with Crippen molar-refractivity contribution in [2.75, 3.05) is 11.9 Å². The number of aliphatic carboxylic acids is 1. The van der Waals surface area contributed by atoms with E-state index in [4.69, 9.17) is 16.7 Å². The Balaban J connectivity index is 1.97. The second kappa shape index (κ2) is 6.49. The van der Waals surface area contributed by atoms with Gasteiger partial charge in [0, 0.05) is 13.0 Å². The van der Waals surface area contributed by atoms with Crippen molar-refractivity contribution >= 4 is 52.1 Å². The maximum atomic E-state index is 11.7. The molecule has 0 aliphatic rings. The third-order valence-corrected chi connectivity index (χ3v) is 3.33. The van der Waals surface area contributed by atoms with Crippen LogP contribution in [-0.2, 0) is 4.79 Å². The fraction of sp³-hybridized carbons (Fsp3) is 0.273. The first-order chi connectivity index (χ1) is 9.58. The van der Waals surface area contributed by atoms with Crippen molar-refractivity contribution in [2.24, 2.45) is 0 Å². The van der Waals surface area contributed by atoms with Gasteiger partial charge in [0.15, 0.2) is 0 Å². The minimum atomic E-state index is -0.895. The van der Waals surface area contributed by atoms with E-state index in [1.807, 2.05) is 0 Å². The van der Waals surface area contributed by atoms with Gasteiger partial charge in [-0.1, -0.05) is 11.6 Å². The largest absolute Gasteiger partial charge is 0.481 e. The lowest BCUT2D eigenvalue weighted by molar-refractivity contribution is -0.137. The van der Waals surface area contributed by atoms with Gasteiger partial charge in [0.25, 0.3) is 0 Å². The molecule has 1 aromatic carbocycles. The Bertz CT molecular complexity index is 646. The average Bonchev–Trinajstić information content (AvgIpc) is 2.86. The Kier molecular flexibility index (Phi) is 4.70. The molecular weight excluding hydrogens is 304 g/mol. The van der Waals surface area contributed by atoms with Crippen LogP contribution >= 0.6 is 23.3 Å². The normalized spacial score (nSPS) is 10.4. The summed E-state index contributed by atoms with van der Waals surface area (Å²) < 4.78 is 8.14. The number of carbonyl (C=O) groups is 2. The molecule has 2 rings (SSSR count). The van der Waals surface area contributed by atoms with Crippen LogP contribution in [0, 0.1) is 0 Å². The highest BCUT2D eigenvalue weighted by molar-refractivity contribution is 7.00. The van der Waals surface area contributed by atoms with Gasteiger partial charge in [-0.3, -0.25) is 4.79 Å². The number of hydrogen-bond donors (Lipinski definition) is 3. The van der Waals surface area contributed by atoms with Crippen LogP contribution in [0.25, 0.3) is 11.0 Å². The lowest BCUT2D eigenvalue weighted by Crippen LogP contribution is -2.30. The molecule has 2 aromatic rings. The maximum Gasteiger partial charge on any atom is 0.319 e. The van der Waals surface area contributed by atoms with Gasteiger partial charge < -0.3 is 15.7 Å². The van der Waals surface area contributed by atoms with Gasteiger partial charge in [0.1, 0.15) is 11.0 Å². The van der Waals surface area contributed by atoms with Crippen LogP contribution < -0.4 is 10.6 Å². The van der Waals surface area contributed by atoms with E-state index in [1.165, 1.54) is 0 Å². The van der Waals surface area contributed by atoms with E-state index in [0.717, 1.165) is 11.7 Å². The summed E-state index contributed by atoms with van der Waals surface area (Å²) in [5, 5.41) is 14.0. The van der Waals surface area contributed by atoms with Gasteiger partial charge in [-0.15, -0.1) is 0 Å². The number of rotatable bonds is 5. The molecule has 106 valence electrons. The van der Waals surface area contributed by atoms with Crippen LogP contribution in [0.5, 0.6) is 0 Å². The van der Waals surface area contributed by atoms with Gasteiger partial charge in [0.05, 0.1) is 22.4 Å². The molecule has 0 bridgehead atoms. The van der Waals surface area contributed by atoms with Crippen molar-refractivity contribution < 1.29 is 14.7 Å². The molecule has 0 fully saturated rings. The summed E-state index contributed by atoms with van der Waals surface area (Å²) >= 11 is 7.06. The van der Waals surface area contributed by atoms with Crippen molar-refractivity contribution in [3.05, 3.63) is 17.2 Å². The highest BCUT2D eigenvalue weighted by Crippen LogP contribution is 2.29. The molecule has 7 nitrogen and oxygen atoms in total. The van der Waals surface area contributed by atoms with Gasteiger partial charge in [0.2, 0.25) is 0 Å². The second-order valence-corrected chi connectivity index (χ2v) is 4.87. The molecule has 2 amide bonds. The lowest BCUT2D eigenvalue weighted by Gasteiger charge is -2.08. The first-order valence-electron chi connectivity index (χ1n) is 5.75. The van der Waals surface area contributed by atoms with E-state index < -0.39 is 12.0 Å². The number of urea groups is 1. The average molecular weight is 315 g/mol. The van der Waals surface area contributed by atoms with E-state index in [0.29, 0.717) is 28.2 Å². The van der Waals surface area contributed by atoms with Crippen molar-refractivity contribution in [3.63, 3.8) is 0 Å². The van der Waals surface area contributed by atoms with Crippen LogP contribution in [0.15, 0.2) is 12.1 Å². The standard InChI is InChI=1S/C11H11ClN4O3S/c12-6-3-4-7-10(16-20-15-7)9(6)14-11(19)13-5-1-2-8(17)18/h3-4H,1-2,5H2,(H,17,18)(H2,13,14,19). The van der Waals surface area contributed by atoms with Gasteiger partial charge in [-0.05, 0) is 18.6 Å². The molecule has 0 radical (unpaired) electrons. The summed E-state index contributed by atoms with van der Waals surface area (Å²) in [6.07, 6.45) is 0.367. The third kappa shape index (κ3) is 3.55. The van der Waals surface area contributed by atoms with E-state index in [9.17, 15) is 9.59 Å². The molecule has 3 N–H and O–H groups in total. The van der Waals surface area contributed by atoms with Crippen molar-refractivity contribution in [1.29, 1.82) is 0 Å². The smallest absolute Gasteiger partial charge is 0.319 e. The number of amides is 2. The van der Waals surface area contributed by atoms with Gasteiger partial charge >= 0.3 is 12.0 Å². The molecule has 1 aromatic heterocycles. The molecule has 0 saturated carbocycles. The number of halogens is 1. The molecule has 9 heteroatoms. The molecule has 0 spiro atoms. The number of carboxylic acids is 1. The van der Waals surface area contributed by atoms with Crippen LogP contribution in [0.2, 0.25) is 5.02 Å². The van der Waals surface area contributed by atoms with E-state index in [2.05, 4.69) is 19.4 Å². The third-order valence-electron chi connectivity index (χ3n) is 2.47. The fourth-order valence-electron chi connectivity index (χ4n) is 1.55. The number of anilines is 1. The van der Waals surface area contributed by atoms with Crippen molar-refractivity contribution in [3.8, 4) is 0 Å². The molecule has 20 heavy (non-hydrogen) atoms. The van der Waals surface area contributed by atoms with E-state index in [1.54, 1.807) is 12.1 Å². The Morgan fingerprint density at radius 3 is 2.90 bits per heavy atom. The minimum absolute atomic E-state index is 0.00657. The summed E-state index contributed by atoms with van der Waals surface area (Å²) in [6.45, 7) is 0.265. The van der Waals surface area contributed by atoms with Gasteiger partial charge in [-0.25, -0.2) is 4.79 Å². The molecule has 0 saturated heterocycles. The summed E-state index contributed by atoms with van der Waals surface area (Å²) in [4.78, 5) is 22.0. The number of nitrogens with one attached hydrogen (secondary N) is 2. The van der Waals surface area contributed by atoms with Crippen LogP contribution in [0.4, 0.5) is 10.5 Å². The summed E-state index contributed by atoms with van der Waals surface area (Å²) in [5.41, 5.74) is 1.58. The predicted molar refractivity (Wildman–Crippen MR) is 76.3 cm³/mol. The lowest BCUT2D eigenvalue weighted by atomic mass is 10.2. The molecular formula is C11H11ClN4O3S. The zero-order valence-electron chi connectivity index (χ0n) is 10.2. The number of fused-ring (bicyclic) bond motifs is 1. The summed E-state index contributed by atoms with van der Waals surface area (Å²) in [6, 6.07) is 2.89. The Morgan fingerprint density at radius 1 is 1.35 bits per heavy atom. The highest BCUT2D eigenvalue weighted by Gasteiger charge is 2.12. The Morgan fingerprint density at radius 2 is 2.15 bits per heavy atom. The maximum absolute atomic E-state index is 11.7. The number of benzene rings is 1. The molecule has 0 aliphatic heterocycles. The van der Waals surface area contributed by atoms with Crippen LogP contribution in [-0.4, -0.2) is 32.4 Å². The molecule has 0 aliphatic carbocycles. The quantitative estimate of drug-likeness (QED) is 0.735. The summed E-state index contributed by atoms with van der Waals surface area (Å²) in [7, 11) is 0. The monoisotopic (exact) mass is 314 g/mol. The predicted octanol–water partition coefficient (Wildman–Crippen LogP) is 2.33. The van der Waals surface area contributed by atoms with Crippen molar-refractivity contribution in [1.82, 2.24) is 14.1 Å². The molecule has 0 unspecified atom stereocenters. The van der Waals surface area contributed by atoms with E-state index in [-0.39, 0.29) is 13.0 Å². The number of hydrogen-bond acceptors (Lipinski definition) is 5. The van der Waals surface area contributed by atoms with Gasteiger partial charge in [-0.2, -0.15) is 8.75 Å². The number of nitrogens with zero attached hydrogens (tertiary/aromatic N) is 2. The SMILES string of the molecule is O=C(O)CCCNC(=O)Nc1c(Cl)ccc2nsnc12. The Labute approximate surface area is 123 Å². The van der Waals surface area contributed by atoms with Crippen LogP contribution in [0.1, 0.15) is 12.8 Å². The number of aromatic nitrogens is 2. The molecule has 1 heterocycles. The van der Waals surface area contributed by atoms with Crippen LogP contribution in [0.3, 0.4) is 0 Å². The fourth-order valence-corrected chi connectivity index (χ4v) is 2.29.